The first kappa shape index (κ1) is 10.6. The molecule has 80 valence electrons. The summed E-state index contributed by atoms with van der Waals surface area (Å²) in [5.74, 6) is 1.13. The van der Waals surface area contributed by atoms with Crippen molar-refractivity contribution in [2.45, 2.75) is 19.4 Å². The molecule has 2 rings (SSSR count). The van der Waals surface area contributed by atoms with Crippen LogP contribution in [-0.4, -0.2) is 16.2 Å². The summed E-state index contributed by atoms with van der Waals surface area (Å²) in [6.07, 6.45) is 0.589. The molecular formula is C9H10ClN3OS. The zero-order valence-corrected chi connectivity index (χ0v) is 9.68. The molecule has 2 aromatic rings. The standard InChI is InChI=1S/C9H10ClN3OS/c1-5(11)4-8-12-9(13-14-8)6-2-3-7(10)15-6/h2-3,5H,4,11H2,1H3. The molecule has 0 aliphatic rings. The van der Waals surface area contributed by atoms with Gasteiger partial charge in [-0.2, -0.15) is 4.98 Å². The summed E-state index contributed by atoms with van der Waals surface area (Å²) in [7, 11) is 0. The topological polar surface area (TPSA) is 64.9 Å². The van der Waals surface area contributed by atoms with Gasteiger partial charge in [0.1, 0.15) is 0 Å². The average molecular weight is 244 g/mol. The van der Waals surface area contributed by atoms with Crippen molar-refractivity contribution < 1.29 is 4.52 Å². The minimum absolute atomic E-state index is 0.0187. The molecule has 1 atom stereocenters. The Bertz CT molecular complexity index is 452. The molecule has 0 saturated heterocycles. The molecule has 2 heterocycles. The summed E-state index contributed by atoms with van der Waals surface area (Å²) >= 11 is 7.24. The minimum atomic E-state index is 0.0187. The zero-order chi connectivity index (χ0) is 10.8. The predicted octanol–water partition coefficient (Wildman–Crippen LogP) is 2.34. The molecule has 0 amide bonds. The molecule has 6 heteroatoms. The maximum absolute atomic E-state index is 5.81. The maximum atomic E-state index is 5.81. The number of rotatable bonds is 3. The summed E-state index contributed by atoms with van der Waals surface area (Å²) in [4.78, 5) is 5.13. The van der Waals surface area contributed by atoms with Gasteiger partial charge in [-0.05, 0) is 19.1 Å². The third kappa shape index (κ3) is 2.56. The molecule has 0 bridgehead atoms. The number of hydrogen-bond acceptors (Lipinski definition) is 5. The van der Waals surface area contributed by atoms with Gasteiger partial charge in [-0.3, -0.25) is 0 Å². The molecule has 0 radical (unpaired) electrons. The van der Waals surface area contributed by atoms with Crippen LogP contribution in [0.5, 0.6) is 0 Å². The summed E-state index contributed by atoms with van der Waals surface area (Å²) in [5, 5.41) is 3.86. The highest BCUT2D eigenvalue weighted by molar-refractivity contribution is 7.19. The molecule has 15 heavy (non-hydrogen) atoms. The zero-order valence-electron chi connectivity index (χ0n) is 8.11. The Balaban J connectivity index is 2.20. The lowest BCUT2D eigenvalue weighted by molar-refractivity contribution is 0.372. The molecule has 0 saturated carbocycles. The van der Waals surface area contributed by atoms with Gasteiger partial charge >= 0.3 is 0 Å². The van der Waals surface area contributed by atoms with Crippen LogP contribution in [0.25, 0.3) is 10.7 Å². The summed E-state index contributed by atoms with van der Waals surface area (Å²) in [6.45, 7) is 1.89. The Morgan fingerprint density at radius 2 is 2.40 bits per heavy atom. The quantitative estimate of drug-likeness (QED) is 0.899. The maximum Gasteiger partial charge on any atom is 0.228 e. The van der Waals surface area contributed by atoms with E-state index in [0.717, 1.165) is 4.88 Å². The first-order chi connectivity index (χ1) is 7.15. The van der Waals surface area contributed by atoms with Crippen LogP contribution < -0.4 is 5.73 Å². The van der Waals surface area contributed by atoms with E-state index in [1.807, 2.05) is 19.1 Å². The van der Waals surface area contributed by atoms with Crippen molar-refractivity contribution in [1.82, 2.24) is 10.1 Å². The fourth-order valence-electron chi connectivity index (χ4n) is 1.15. The number of thiophene rings is 1. The van der Waals surface area contributed by atoms with Crippen LogP contribution in [0.1, 0.15) is 12.8 Å². The number of hydrogen-bond donors (Lipinski definition) is 1. The van der Waals surface area contributed by atoms with E-state index in [1.165, 1.54) is 11.3 Å². The molecular weight excluding hydrogens is 234 g/mol. The van der Waals surface area contributed by atoms with Crippen LogP contribution in [0.3, 0.4) is 0 Å². The SMILES string of the molecule is CC(N)Cc1nc(-c2ccc(Cl)s2)no1. The van der Waals surface area contributed by atoms with Gasteiger partial charge in [0.15, 0.2) is 0 Å². The van der Waals surface area contributed by atoms with Crippen LogP contribution >= 0.6 is 22.9 Å². The number of nitrogens with two attached hydrogens (primary N) is 1. The Kier molecular flexibility index (Phi) is 3.04. The lowest BCUT2D eigenvalue weighted by Crippen LogP contribution is -2.17. The number of aromatic nitrogens is 2. The van der Waals surface area contributed by atoms with Gasteiger partial charge in [0.2, 0.25) is 11.7 Å². The second kappa shape index (κ2) is 4.30. The van der Waals surface area contributed by atoms with Crippen molar-refractivity contribution in [2.75, 3.05) is 0 Å². The van der Waals surface area contributed by atoms with E-state index >= 15 is 0 Å². The van der Waals surface area contributed by atoms with Crippen LogP contribution in [0, 0.1) is 0 Å². The molecule has 0 aromatic carbocycles. The van der Waals surface area contributed by atoms with Crippen molar-refractivity contribution in [3.8, 4) is 10.7 Å². The molecule has 4 nitrogen and oxygen atoms in total. The van der Waals surface area contributed by atoms with E-state index in [9.17, 15) is 0 Å². The largest absolute Gasteiger partial charge is 0.339 e. The van der Waals surface area contributed by atoms with Crippen LogP contribution in [-0.2, 0) is 6.42 Å². The highest BCUT2D eigenvalue weighted by Gasteiger charge is 2.11. The lowest BCUT2D eigenvalue weighted by Gasteiger charge is -1.96. The first-order valence-corrected chi connectivity index (χ1v) is 5.68. The molecule has 0 fully saturated rings. The van der Waals surface area contributed by atoms with Gasteiger partial charge in [-0.15, -0.1) is 11.3 Å². The average Bonchev–Trinajstić information content (AvgIpc) is 2.72. The monoisotopic (exact) mass is 243 g/mol. The van der Waals surface area contributed by atoms with E-state index in [1.54, 1.807) is 0 Å². The predicted molar refractivity (Wildman–Crippen MR) is 60.0 cm³/mol. The third-order valence-electron chi connectivity index (χ3n) is 1.76. The Hall–Kier alpha value is -0.910. The van der Waals surface area contributed by atoms with Gasteiger partial charge in [0.25, 0.3) is 0 Å². The second-order valence-electron chi connectivity index (χ2n) is 3.30. The number of nitrogens with zero attached hydrogens (tertiary/aromatic N) is 2. The lowest BCUT2D eigenvalue weighted by atomic mass is 10.2. The van der Waals surface area contributed by atoms with Gasteiger partial charge in [-0.25, -0.2) is 0 Å². The normalized spacial score (nSPS) is 13.0. The van der Waals surface area contributed by atoms with E-state index in [4.69, 9.17) is 21.9 Å². The van der Waals surface area contributed by atoms with Gasteiger partial charge in [0, 0.05) is 12.5 Å². The molecule has 0 spiro atoms. The van der Waals surface area contributed by atoms with Crippen LogP contribution in [0.15, 0.2) is 16.7 Å². The fraction of sp³-hybridized carbons (Fsp3) is 0.333. The fourth-order valence-corrected chi connectivity index (χ4v) is 2.12. The number of halogens is 1. The van der Waals surface area contributed by atoms with E-state index < -0.39 is 0 Å². The highest BCUT2D eigenvalue weighted by atomic mass is 35.5. The Morgan fingerprint density at radius 3 is 3.00 bits per heavy atom. The second-order valence-corrected chi connectivity index (χ2v) is 5.01. The van der Waals surface area contributed by atoms with Gasteiger partial charge in [-0.1, -0.05) is 16.8 Å². The summed E-state index contributed by atoms with van der Waals surface area (Å²) < 4.78 is 5.77. The highest BCUT2D eigenvalue weighted by Crippen LogP contribution is 2.28. The summed E-state index contributed by atoms with van der Waals surface area (Å²) in [5.41, 5.74) is 5.63. The third-order valence-corrected chi connectivity index (χ3v) is 2.99. The van der Waals surface area contributed by atoms with Crippen LogP contribution in [0.4, 0.5) is 0 Å². The van der Waals surface area contributed by atoms with Crippen molar-refractivity contribution in [3.05, 3.63) is 22.4 Å². The van der Waals surface area contributed by atoms with E-state index in [0.29, 0.717) is 22.5 Å². The molecule has 2 aromatic heterocycles. The van der Waals surface area contributed by atoms with E-state index in [-0.39, 0.29) is 6.04 Å². The molecule has 0 aliphatic carbocycles. The molecule has 2 N–H and O–H groups in total. The molecule has 0 aliphatic heterocycles. The first-order valence-electron chi connectivity index (χ1n) is 4.49. The van der Waals surface area contributed by atoms with Crippen molar-refractivity contribution in [3.63, 3.8) is 0 Å². The van der Waals surface area contributed by atoms with Crippen molar-refractivity contribution >= 4 is 22.9 Å². The van der Waals surface area contributed by atoms with Gasteiger partial charge < -0.3 is 10.3 Å². The molecule has 1 unspecified atom stereocenters. The Morgan fingerprint density at radius 1 is 1.60 bits per heavy atom. The summed E-state index contributed by atoms with van der Waals surface area (Å²) in [6, 6.07) is 3.70. The smallest absolute Gasteiger partial charge is 0.228 e. The van der Waals surface area contributed by atoms with Gasteiger partial charge in [0.05, 0.1) is 9.21 Å². The Labute approximate surface area is 96.1 Å². The van der Waals surface area contributed by atoms with Crippen molar-refractivity contribution in [2.24, 2.45) is 5.73 Å². The van der Waals surface area contributed by atoms with Crippen LogP contribution in [0.2, 0.25) is 4.34 Å². The van der Waals surface area contributed by atoms with E-state index in [2.05, 4.69) is 10.1 Å². The van der Waals surface area contributed by atoms with Crippen molar-refractivity contribution in [1.29, 1.82) is 0 Å². The minimum Gasteiger partial charge on any atom is -0.339 e.